The van der Waals surface area contributed by atoms with Gasteiger partial charge in [0, 0.05) is 9.77 Å². The Bertz CT molecular complexity index is 357. The van der Waals surface area contributed by atoms with Gasteiger partial charge in [-0.05, 0) is 22.6 Å². The monoisotopic (exact) mass is 313 g/mol. The molecular weight excluding hydrogens is 307 g/mol. The molecule has 0 saturated heterocycles. The van der Waals surface area contributed by atoms with E-state index < -0.39 is 12.1 Å². The fourth-order valence-corrected chi connectivity index (χ4v) is 1.49. The minimum Gasteiger partial charge on any atom is -0.494 e. The molecule has 0 spiro atoms. The Kier molecular flexibility index (Phi) is 3.73. The molecule has 0 aliphatic rings. The minimum atomic E-state index is -2.75. The quantitative estimate of drug-likeness (QED) is 0.635. The molecule has 6 heteroatoms. The first-order valence-electron chi connectivity index (χ1n) is 3.57. The zero-order valence-electron chi connectivity index (χ0n) is 7.13. The van der Waals surface area contributed by atoms with Crippen molar-refractivity contribution < 1.29 is 18.3 Å². The maximum Gasteiger partial charge on any atom is 0.284 e. The van der Waals surface area contributed by atoms with Gasteiger partial charge in [-0.1, -0.05) is 0 Å². The zero-order chi connectivity index (χ0) is 10.7. The third-order valence-electron chi connectivity index (χ3n) is 1.58. The van der Waals surface area contributed by atoms with Crippen molar-refractivity contribution in [2.24, 2.45) is 0 Å². The van der Waals surface area contributed by atoms with Gasteiger partial charge < -0.3 is 4.74 Å². The average molecular weight is 313 g/mol. The SMILES string of the molecule is COc1c(C(F)F)ncc(I)c1C=O. The van der Waals surface area contributed by atoms with Crippen LogP contribution in [0.5, 0.6) is 5.75 Å². The number of rotatable bonds is 3. The van der Waals surface area contributed by atoms with Crippen molar-refractivity contribution in [1.29, 1.82) is 0 Å². The van der Waals surface area contributed by atoms with Gasteiger partial charge >= 0.3 is 0 Å². The summed E-state index contributed by atoms with van der Waals surface area (Å²) in [4.78, 5) is 14.1. The molecule has 0 aromatic carbocycles. The second kappa shape index (κ2) is 4.63. The van der Waals surface area contributed by atoms with Crippen LogP contribution in [0.2, 0.25) is 0 Å². The van der Waals surface area contributed by atoms with Crippen LogP contribution in [0.15, 0.2) is 6.20 Å². The maximum atomic E-state index is 12.4. The number of aldehydes is 1. The van der Waals surface area contributed by atoms with Crippen LogP contribution in [0.4, 0.5) is 8.78 Å². The third-order valence-corrected chi connectivity index (χ3v) is 2.44. The van der Waals surface area contributed by atoms with Gasteiger partial charge in [0.2, 0.25) is 0 Å². The number of halogens is 3. The second-order valence-corrected chi connectivity index (χ2v) is 3.52. The van der Waals surface area contributed by atoms with Crippen LogP contribution in [-0.2, 0) is 0 Å². The molecule has 0 bridgehead atoms. The Morgan fingerprint density at radius 3 is 2.71 bits per heavy atom. The van der Waals surface area contributed by atoms with Crippen molar-refractivity contribution >= 4 is 28.9 Å². The molecule has 76 valence electrons. The summed E-state index contributed by atoms with van der Waals surface area (Å²) < 4.78 is 30.0. The number of pyridine rings is 1. The van der Waals surface area contributed by atoms with Gasteiger partial charge in [-0.2, -0.15) is 0 Å². The summed E-state index contributed by atoms with van der Waals surface area (Å²) in [6, 6.07) is 0. The standard InChI is InChI=1S/C8H6F2INO2/c1-14-7-4(3-13)5(11)2-12-6(7)8(9)10/h2-3,8H,1H3. The van der Waals surface area contributed by atoms with Crippen LogP contribution in [0.25, 0.3) is 0 Å². The molecule has 1 heterocycles. The number of ether oxygens (including phenoxy) is 1. The van der Waals surface area contributed by atoms with E-state index in [2.05, 4.69) is 4.98 Å². The van der Waals surface area contributed by atoms with Crippen LogP contribution in [0, 0.1) is 3.57 Å². The van der Waals surface area contributed by atoms with E-state index in [-0.39, 0.29) is 11.3 Å². The normalized spacial score (nSPS) is 10.4. The van der Waals surface area contributed by atoms with E-state index >= 15 is 0 Å². The molecule has 0 aliphatic carbocycles. The van der Waals surface area contributed by atoms with Gasteiger partial charge in [0.25, 0.3) is 6.43 Å². The van der Waals surface area contributed by atoms with E-state index in [1.807, 2.05) is 22.6 Å². The van der Waals surface area contributed by atoms with Crippen molar-refractivity contribution in [2.45, 2.75) is 6.43 Å². The largest absolute Gasteiger partial charge is 0.494 e. The van der Waals surface area contributed by atoms with Gasteiger partial charge in [0.05, 0.1) is 12.7 Å². The molecule has 0 atom stereocenters. The van der Waals surface area contributed by atoms with E-state index in [1.54, 1.807) is 0 Å². The Hall–Kier alpha value is -0.790. The number of methoxy groups -OCH3 is 1. The first-order chi connectivity index (χ1) is 6.61. The average Bonchev–Trinajstić information content (AvgIpc) is 2.16. The smallest absolute Gasteiger partial charge is 0.284 e. The number of hydrogen-bond acceptors (Lipinski definition) is 3. The fraction of sp³-hybridized carbons (Fsp3) is 0.250. The van der Waals surface area contributed by atoms with Crippen LogP contribution < -0.4 is 4.74 Å². The Balaban J connectivity index is 3.40. The molecule has 14 heavy (non-hydrogen) atoms. The summed E-state index contributed by atoms with van der Waals surface area (Å²) in [5.74, 6) is -0.151. The highest BCUT2D eigenvalue weighted by molar-refractivity contribution is 14.1. The van der Waals surface area contributed by atoms with Crippen molar-refractivity contribution in [3.63, 3.8) is 0 Å². The molecule has 0 unspecified atom stereocenters. The fourth-order valence-electron chi connectivity index (χ4n) is 0.981. The summed E-state index contributed by atoms with van der Waals surface area (Å²) in [6.07, 6.45) is -1.05. The van der Waals surface area contributed by atoms with Crippen molar-refractivity contribution in [3.05, 3.63) is 21.0 Å². The first-order valence-corrected chi connectivity index (χ1v) is 4.65. The molecule has 0 radical (unpaired) electrons. The zero-order valence-corrected chi connectivity index (χ0v) is 9.29. The minimum absolute atomic E-state index is 0.110. The van der Waals surface area contributed by atoms with E-state index in [0.717, 1.165) is 0 Å². The lowest BCUT2D eigenvalue weighted by atomic mass is 10.2. The highest BCUT2D eigenvalue weighted by Gasteiger charge is 2.20. The van der Waals surface area contributed by atoms with Gasteiger partial charge in [-0.25, -0.2) is 8.78 Å². The third kappa shape index (κ3) is 1.99. The molecule has 0 saturated carbocycles. The molecule has 1 rings (SSSR count). The van der Waals surface area contributed by atoms with E-state index in [0.29, 0.717) is 9.86 Å². The summed E-state index contributed by atoms with van der Waals surface area (Å²) >= 11 is 1.83. The number of hydrogen-bond donors (Lipinski definition) is 0. The Morgan fingerprint density at radius 2 is 2.29 bits per heavy atom. The van der Waals surface area contributed by atoms with Crippen LogP contribution in [-0.4, -0.2) is 18.4 Å². The van der Waals surface area contributed by atoms with Crippen molar-refractivity contribution in [3.8, 4) is 5.75 Å². The van der Waals surface area contributed by atoms with Gasteiger partial charge in [0.15, 0.2) is 12.0 Å². The van der Waals surface area contributed by atoms with Crippen molar-refractivity contribution in [1.82, 2.24) is 4.98 Å². The summed E-state index contributed by atoms with van der Waals surface area (Å²) in [7, 11) is 1.23. The molecule has 0 N–H and O–H groups in total. The Labute approximate surface area is 92.6 Å². The van der Waals surface area contributed by atoms with E-state index in [4.69, 9.17) is 4.74 Å². The summed E-state index contributed by atoms with van der Waals surface area (Å²) in [6.45, 7) is 0. The van der Waals surface area contributed by atoms with Crippen LogP contribution in [0.1, 0.15) is 22.5 Å². The van der Waals surface area contributed by atoms with Gasteiger partial charge in [-0.3, -0.25) is 9.78 Å². The van der Waals surface area contributed by atoms with Crippen LogP contribution in [0.3, 0.4) is 0 Å². The molecule has 1 aromatic rings. The van der Waals surface area contributed by atoms with E-state index in [9.17, 15) is 13.6 Å². The van der Waals surface area contributed by atoms with Crippen LogP contribution >= 0.6 is 22.6 Å². The summed E-state index contributed by atoms with van der Waals surface area (Å²) in [5, 5.41) is 0. The predicted molar refractivity (Wildman–Crippen MR) is 53.9 cm³/mol. The Morgan fingerprint density at radius 1 is 1.64 bits per heavy atom. The van der Waals surface area contributed by atoms with Gasteiger partial charge in [-0.15, -0.1) is 0 Å². The number of carbonyl (C=O) groups excluding carboxylic acids is 1. The lowest BCUT2D eigenvalue weighted by Crippen LogP contribution is -2.02. The highest BCUT2D eigenvalue weighted by atomic mass is 127. The molecular formula is C8H6F2INO2. The number of alkyl halides is 2. The summed E-state index contributed by atoms with van der Waals surface area (Å²) in [5.41, 5.74) is -0.395. The second-order valence-electron chi connectivity index (χ2n) is 2.36. The maximum absolute atomic E-state index is 12.4. The predicted octanol–water partition coefficient (Wildman–Crippen LogP) is 2.44. The molecule has 3 nitrogen and oxygen atoms in total. The number of aromatic nitrogens is 1. The topological polar surface area (TPSA) is 39.2 Å². The first kappa shape index (κ1) is 11.3. The number of carbonyl (C=O) groups is 1. The molecule has 1 aromatic heterocycles. The molecule has 0 fully saturated rings. The lowest BCUT2D eigenvalue weighted by Gasteiger charge is -2.09. The molecule has 0 amide bonds. The van der Waals surface area contributed by atoms with Crippen molar-refractivity contribution in [2.75, 3.05) is 7.11 Å². The van der Waals surface area contributed by atoms with E-state index in [1.165, 1.54) is 13.3 Å². The lowest BCUT2D eigenvalue weighted by molar-refractivity contribution is 0.111. The molecule has 0 aliphatic heterocycles. The number of nitrogens with zero attached hydrogens (tertiary/aromatic N) is 1. The highest BCUT2D eigenvalue weighted by Crippen LogP contribution is 2.31. The van der Waals surface area contributed by atoms with Gasteiger partial charge in [0.1, 0.15) is 5.69 Å².